The maximum absolute atomic E-state index is 12.8. The minimum Gasteiger partial charge on any atom is -0.325 e. The Kier molecular flexibility index (Phi) is 5.63. The second kappa shape index (κ2) is 7.42. The van der Waals surface area contributed by atoms with Gasteiger partial charge in [-0.25, -0.2) is 8.42 Å². The van der Waals surface area contributed by atoms with E-state index in [1.807, 2.05) is 0 Å². The molecule has 1 aromatic heterocycles. The fraction of sp³-hybridized carbons (Fsp3) is 0.267. The molecule has 1 aliphatic rings. The quantitative estimate of drug-likeness (QED) is 0.762. The Bertz CT molecular complexity index is 894. The van der Waals surface area contributed by atoms with Crippen LogP contribution in [0.3, 0.4) is 0 Å². The number of anilines is 1. The molecule has 5 nitrogen and oxygen atoms in total. The van der Waals surface area contributed by atoms with Crippen molar-refractivity contribution in [3.05, 3.63) is 44.7 Å². The largest absolute Gasteiger partial charge is 0.325 e. The Labute approximate surface area is 164 Å². The molecule has 134 valence electrons. The molecule has 25 heavy (non-hydrogen) atoms. The molecular weight excluding hydrogens is 427 g/mol. The number of halogens is 3. The van der Waals surface area contributed by atoms with Gasteiger partial charge in [0.25, 0.3) is 10.0 Å². The zero-order valence-corrected chi connectivity index (χ0v) is 16.6. The minimum absolute atomic E-state index is 0.128. The van der Waals surface area contributed by atoms with E-state index in [1.54, 1.807) is 18.2 Å². The maximum atomic E-state index is 12.8. The molecule has 1 fully saturated rings. The third kappa shape index (κ3) is 4.13. The molecule has 0 spiro atoms. The predicted octanol–water partition coefficient (Wildman–Crippen LogP) is 4.50. The standard InChI is InChI=1S/C15H13Cl3N2O3S2/c16-9-6-10(17)8-11(7-9)19-15(21)12-2-1-5-20(12)25(22,23)14-4-3-13(18)24-14/h3-4,6-8,12H,1-2,5H2,(H,19,21)/t12-/m0/s1. The molecule has 1 aliphatic heterocycles. The number of nitrogens with one attached hydrogen (secondary N) is 1. The van der Waals surface area contributed by atoms with Crippen molar-refractivity contribution in [1.29, 1.82) is 0 Å². The third-order valence-electron chi connectivity index (χ3n) is 3.75. The zero-order valence-electron chi connectivity index (χ0n) is 12.7. The monoisotopic (exact) mass is 438 g/mol. The Morgan fingerprint density at radius 2 is 1.84 bits per heavy atom. The number of hydrogen-bond acceptors (Lipinski definition) is 4. The molecule has 0 unspecified atom stereocenters. The third-order valence-corrected chi connectivity index (χ3v) is 7.79. The van der Waals surface area contributed by atoms with E-state index in [2.05, 4.69) is 5.32 Å². The van der Waals surface area contributed by atoms with Crippen molar-refractivity contribution in [2.45, 2.75) is 23.1 Å². The number of thiophene rings is 1. The summed E-state index contributed by atoms with van der Waals surface area (Å²) in [5.74, 6) is -0.415. The molecule has 1 saturated heterocycles. The molecule has 0 saturated carbocycles. The number of benzene rings is 1. The van der Waals surface area contributed by atoms with Gasteiger partial charge in [0.2, 0.25) is 5.91 Å². The Balaban J connectivity index is 1.82. The van der Waals surface area contributed by atoms with E-state index in [0.717, 1.165) is 11.3 Å². The number of sulfonamides is 1. The predicted molar refractivity (Wildman–Crippen MR) is 101 cm³/mol. The molecule has 1 amide bonds. The highest BCUT2D eigenvalue weighted by Gasteiger charge is 2.40. The molecular formula is C15H13Cl3N2O3S2. The van der Waals surface area contributed by atoms with E-state index >= 15 is 0 Å². The molecule has 0 radical (unpaired) electrons. The van der Waals surface area contributed by atoms with Gasteiger partial charge < -0.3 is 5.32 Å². The van der Waals surface area contributed by atoms with Crippen molar-refractivity contribution in [3.8, 4) is 0 Å². The second-order valence-electron chi connectivity index (χ2n) is 5.48. The van der Waals surface area contributed by atoms with Crippen LogP contribution in [0, 0.1) is 0 Å². The average Bonchev–Trinajstić information content (AvgIpc) is 3.15. The van der Waals surface area contributed by atoms with Crippen LogP contribution in [-0.4, -0.2) is 31.2 Å². The van der Waals surface area contributed by atoms with Crippen LogP contribution >= 0.6 is 46.1 Å². The van der Waals surface area contributed by atoms with Crippen LogP contribution in [0.5, 0.6) is 0 Å². The highest BCUT2D eigenvalue weighted by molar-refractivity contribution is 7.91. The van der Waals surface area contributed by atoms with Gasteiger partial charge in [0.1, 0.15) is 10.3 Å². The van der Waals surface area contributed by atoms with Crippen LogP contribution in [0.15, 0.2) is 34.5 Å². The number of rotatable bonds is 4. The van der Waals surface area contributed by atoms with Gasteiger partial charge in [-0.1, -0.05) is 34.8 Å². The van der Waals surface area contributed by atoms with E-state index in [1.165, 1.54) is 16.4 Å². The topological polar surface area (TPSA) is 66.5 Å². The van der Waals surface area contributed by atoms with E-state index in [4.69, 9.17) is 34.8 Å². The van der Waals surface area contributed by atoms with Gasteiger partial charge in [-0.05, 0) is 43.2 Å². The number of nitrogens with zero attached hydrogens (tertiary/aromatic N) is 1. The number of carbonyl (C=O) groups excluding carboxylic acids is 1. The molecule has 1 aromatic carbocycles. The summed E-state index contributed by atoms with van der Waals surface area (Å²) in [5, 5.41) is 3.45. The van der Waals surface area contributed by atoms with Crippen LogP contribution in [0.4, 0.5) is 5.69 Å². The van der Waals surface area contributed by atoms with Crippen molar-refractivity contribution >= 4 is 67.8 Å². The van der Waals surface area contributed by atoms with Crippen molar-refractivity contribution in [3.63, 3.8) is 0 Å². The summed E-state index contributed by atoms with van der Waals surface area (Å²) in [6.07, 6.45) is 1.05. The lowest BCUT2D eigenvalue weighted by atomic mass is 10.2. The fourth-order valence-electron chi connectivity index (χ4n) is 2.69. The van der Waals surface area contributed by atoms with Crippen LogP contribution in [0.1, 0.15) is 12.8 Å². The summed E-state index contributed by atoms with van der Waals surface area (Å²) in [6, 6.07) is 6.84. The second-order valence-corrected chi connectivity index (χ2v) is 10.2. The lowest BCUT2D eigenvalue weighted by Gasteiger charge is -2.22. The van der Waals surface area contributed by atoms with E-state index < -0.39 is 22.0 Å². The number of carbonyl (C=O) groups is 1. The molecule has 1 N–H and O–H groups in total. The van der Waals surface area contributed by atoms with Crippen molar-refractivity contribution in [2.75, 3.05) is 11.9 Å². The fourth-order valence-corrected chi connectivity index (χ4v) is 6.49. The Morgan fingerprint density at radius 3 is 2.44 bits per heavy atom. The zero-order chi connectivity index (χ0) is 18.2. The van der Waals surface area contributed by atoms with Gasteiger partial charge in [0.15, 0.2) is 0 Å². The molecule has 10 heteroatoms. The first kappa shape index (κ1) is 18.9. The SMILES string of the molecule is O=C(Nc1cc(Cl)cc(Cl)c1)[C@@H]1CCCN1S(=O)(=O)c1ccc(Cl)s1. The highest BCUT2D eigenvalue weighted by Crippen LogP contribution is 2.32. The summed E-state index contributed by atoms with van der Waals surface area (Å²) >= 11 is 18.7. The van der Waals surface area contributed by atoms with Crippen molar-refractivity contribution in [2.24, 2.45) is 0 Å². The van der Waals surface area contributed by atoms with Crippen LogP contribution in [-0.2, 0) is 14.8 Å². The molecule has 0 aliphatic carbocycles. The summed E-state index contributed by atoms with van der Waals surface area (Å²) in [7, 11) is -3.77. The normalized spacial score (nSPS) is 18.4. The summed E-state index contributed by atoms with van der Waals surface area (Å²) in [4.78, 5) is 12.6. The Hall–Kier alpha value is -0.830. The van der Waals surface area contributed by atoms with Crippen molar-refractivity contribution < 1.29 is 13.2 Å². The van der Waals surface area contributed by atoms with Gasteiger partial charge in [-0.2, -0.15) is 4.31 Å². The lowest BCUT2D eigenvalue weighted by molar-refractivity contribution is -0.119. The number of amides is 1. The maximum Gasteiger partial charge on any atom is 0.253 e. The molecule has 2 heterocycles. The van der Waals surface area contributed by atoms with Gasteiger partial charge in [-0.15, -0.1) is 11.3 Å². The first-order valence-corrected chi connectivity index (χ1v) is 10.7. The highest BCUT2D eigenvalue weighted by atomic mass is 35.5. The van der Waals surface area contributed by atoms with Gasteiger partial charge in [-0.3, -0.25) is 4.79 Å². The molecule has 0 bridgehead atoms. The molecule has 1 atom stereocenters. The van der Waals surface area contributed by atoms with Crippen LogP contribution < -0.4 is 5.32 Å². The molecule has 2 aromatic rings. The summed E-state index contributed by atoms with van der Waals surface area (Å²) in [6.45, 7) is 0.284. The minimum atomic E-state index is -3.77. The van der Waals surface area contributed by atoms with E-state index in [-0.39, 0.29) is 10.8 Å². The van der Waals surface area contributed by atoms with Gasteiger partial charge >= 0.3 is 0 Å². The average molecular weight is 440 g/mol. The Morgan fingerprint density at radius 1 is 1.16 bits per heavy atom. The first-order valence-electron chi connectivity index (χ1n) is 7.31. The lowest BCUT2D eigenvalue weighted by Crippen LogP contribution is -2.42. The van der Waals surface area contributed by atoms with Gasteiger partial charge in [0.05, 0.1) is 4.34 Å². The van der Waals surface area contributed by atoms with Crippen molar-refractivity contribution in [1.82, 2.24) is 4.31 Å². The van der Waals surface area contributed by atoms with E-state index in [0.29, 0.717) is 32.9 Å². The smallest absolute Gasteiger partial charge is 0.253 e. The van der Waals surface area contributed by atoms with Crippen LogP contribution in [0.25, 0.3) is 0 Å². The summed E-state index contributed by atoms with van der Waals surface area (Å²) in [5.41, 5.74) is 0.422. The molecule has 3 rings (SSSR count). The van der Waals surface area contributed by atoms with Crippen LogP contribution in [0.2, 0.25) is 14.4 Å². The summed E-state index contributed by atoms with van der Waals surface area (Å²) < 4.78 is 27.3. The van der Waals surface area contributed by atoms with E-state index in [9.17, 15) is 13.2 Å². The first-order chi connectivity index (χ1) is 11.8. The van der Waals surface area contributed by atoms with Gasteiger partial charge in [0, 0.05) is 22.3 Å². The number of hydrogen-bond donors (Lipinski definition) is 1.